The van der Waals surface area contributed by atoms with Crippen LogP contribution in [0.2, 0.25) is 0 Å². The predicted molar refractivity (Wildman–Crippen MR) is 38.5 cm³/mol. The van der Waals surface area contributed by atoms with Gasteiger partial charge in [0.05, 0.1) is 0 Å². The minimum absolute atomic E-state index is 0. The second kappa shape index (κ2) is 4.16. The Kier molecular flexibility index (Phi) is 4.29. The summed E-state index contributed by atoms with van der Waals surface area (Å²) in [5.41, 5.74) is 0. The van der Waals surface area contributed by atoms with Crippen LogP contribution in [0.15, 0.2) is 0 Å². The summed E-state index contributed by atoms with van der Waals surface area (Å²) in [6.45, 7) is 4.79. The summed E-state index contributed by atoms with van der Waals surface area (Å²) in [7, 11) is 0. The standard InChI is InChI=1S/C6H13N.ClH/c1-2-3-6-4-7-5-6;/h6-7H,2-5H2,1H3;1H. The van der Waals surface area contributed by atoms with E-state index in [-0.39, 0.29) is 12.4 Å². The lowest BCUT2D eigenvalue weighted by atomic mass is 9.98. The minimum atomic E-state index is 0. The molecule has 0 unspecified atom stereocenters. The molecule has 0 aliphatic carbocycles. The van der Waals surface area contributed by atoms with E-state index in [9.17, 15) is 0 Å². The van der Waals surface area contributed by atoms with Gasteiger partial charge in [-0.05, 0) is 25.4 Å². The molecule has 0 aromatic heterocycles. The van der Waals surface area contributed by atoms with Gasteiger partial charge in [0.2, 0.25) is 0 Å². The summed E-state index contributed by atoms with van der Waals surface area (Å²) in [5.74, 6) is 1.02. The van der Waals surface area contributed by atoms with E-state index in [1.165, 1.54) is 25.9 Å². The van der Waals surface area contributed by atoms with Crippen LogP contribution in [0, 0.1) is 5.92 Å². The van der Waals surface area contributed by atoms with Crippen LogP contribution >= 0.6 is 12.4 Å². The van der Waals surface area contributed by atoms with Gasteiger partial charge in [0.1, 0.15) is 0 Å². The van der Waals surface area contributed by atoms with Crippen molar-refractivity contribution in [3.05, 3.63) is 0 Å². The molecule has 1 fully saturated rings. The predicted octanol–water partition coefficient (Wildman–Crippen LogP) is 1.43. The van der Waals surface area contributed by atoms with Crippen LogP contribution in [-0.4, -0.2) is 13.1 Å². The van der Waals surface area contributed by atoms with Crippen molar-refractivity contribution < 1.29 is 0 Å². The van der Waals surface area contributed by atoms with Crippen molar-refractivity contribution in [3.8, 4) is 0 Å². The first-order valence-corrected chi connectivity index (χ1v) is 3.14. The molecule has 0 spiro atoms. The molecule has 50 valence electrons. The quantitative estimate of drug-likeness (QED) is 0.604. The molecule has 1 aliphatic heterocycles. The fourth-order valence-corrected chi connectivity index (χ4v) is 0.961. The molecule has 0 radical (unpaired) electrons. The minimum Gasteiger partial charge on any atom is -0.316 e. The highest BCUT2D eigenvalue weighted by Crippen LogP contribution is 2.09. The number of rotatable bonds is 2. The van der Waals surface area contributed by atoms with E-state index in [0.29, 0.717) is 0 Å². The summed E-state index contributed by atoms with van der Waals surface area (Å²) < 4.78 is 0. The molecule has 8 heavy (non-hydrogen) atoms. The fraction of sp³-hybridized carbons (Fsp3) is 1.00. The molecule has 1 saturated heterocycles. The van der Waals surface area contributed by atoms with Crippen LogP contribution in [-0.2, 0) is 0 Å². The van der Waals surface area contributed by atoms with Crippen LogP contribution in [0.5, 0.6) is 0 Å². The second-order valence-corrected chi connectivity index (χ2v) is 2.31. The SMILES string of the molecule is CCCC1CNC1.Cl. The molecule has 1 aliphatic rings. The zero-order chi connectivity index (χ0) is 5.11. The van der Waals surface area contributed by atoms with E-state index < -0.39 is 0 Å². The van der Waals surface area contributed by atoms with Crippen molar-refractivity contribution in [1.82, 2.24) is 5.32 Å². The fourth-order valence-electron chi connectivity index (χ4n) is 0.961. The third-order valence-corrected chi connectivity index (χ3v) is 1.56. The smallest absolute Gasteiger partial charge is 0.000826 e. The largest absolute Gasteiger partial charge is 0.316 e. The first-order valence-electron chi connectivity index (χ1n) is 3.14. The first kappa shape index (κ1) is 8.25. The zero-order valence-electron chi connectivity index (χ0n) is 5.31. The Hall–Kier alpha value is 0.250. The van der Waals surface area contributed by atoms with Gasteiger partial charge in [0.15, 0.2) is 0 Å². The van der Waals surface area contributed by atoms with E-state index in [2.05, 4.69) is 12.2 Å². The molecule has 2 heteroatoms. The molecule has 1 heterocycles. The van der Waals surface area contributed by atoms with Crippen molar-refractivity contribution in [2.24, 2.45) is 5.92 Å². The van der Waals surface area contributed by atoms with Crippen molar-refractivity contribution >= 4 is 12.4 Å². The van der Waals surface area contributed by atoms with Gasteiger partial charge in [-0.2, -0.15) is 0 Å². The summed E-state index contributed by atoms with van der Waals surface area (Å²) in [4.78, 5) is 0. The van der Waals surface area contributed by atoms with Crippen molar-refractivity contribution in [2.45, 2.75) is 19.8 Å². The number of halogens is 1. The van der Waals surface area contributed by atoms with Gasteiger partial charge in [-0.3, -0.25) is 0 Å². The molecular formula is C6H14ClN. The Labute approximate surface area is 57.3 Å². The Morgan fingerprint density at radius 2 is 2.12 bits per heavy atom. The van der Waals surface area contributed by atoms with Gasteiger partial charge in [0, 0.05) is 0 Å². The molecule has 1 nitrogen and oxygen atoms in total. The summed E-state index contributed by atoms with van der Waals surface area (Å²) in [6, 6.07) is 0. The molecule has 1 N–H and O–H groups in total. The third-order valence-electron chi connectivity index (χ3n) is 1.56. The maximum absolute atomic E-state index is 3.25. The van der Waals surface area contributed by atoms with Crippen molar-refractivity contribution in [1.29, 1.82) is 0 Å². The average Bonchev–Trinajstić information content (AvgIpc) is 1.55. The average molecular weight is 136 g/mol. The van der Waals surface area contributed by atoms with Crippen LogP contribution in [0.25, 0.3) is 0 Å². The monoisotopic (exact) mass is 135 g/mol. The Morgan fingerprint density at radius 3 is 2.25 bits per heavy atom. The Morgan fingerprint density at radius 1 is 1.50 bits per heavy atom. The first-order chi connectivity index (χ1) is 3.43. The Balaban J connectivity index is 0.000000490. The lowest BCUT2D eigenvalue weighted by Crippen LogP contribution is -2.41. The second-order valence-electron chi connectivity index (χ2n) is 2.31. The topological polar surface area (TPSA) is 12.0 Å². The maximum atomic E-state index is 3.25. The molecule has 0 aromatic carbocycles. The highest BCUT2D eigenvalue weighted by Gasteiger charge is 2.13. The molecule has 1 rings (SSSR count). The van der Waals surface area contributed by atoms with Crippen LogP contribution < -0.4 is 5.32 Å². The van der Waals surface area contributed by atoms with E-state index >= 15 is 0 Å². The molecule has 0 atom stereocenters. The maximum Gasteiger partial charge on any atom is -0.000826 e. The summed E-state index contributed by atoms with van der Waals surface area (Å²) >= 11 is 0. The van der Waals surface area contributed by atoms with Crippen LogP contribution in [0.4, 0.5) is 0 Å². The lowest BCUT2D eigenvalue weighted by Gasteiger charge is -2.26. The van der Waals surface area contributed by atoms with Gasteiger partial charge in [0.25, 0.3) is 0 Å². The van der Waals surface area contributed by atoms with E-state index in [4.69, 9.17) is 0 Å². The van der Waals surface area contributed by atoms with Crippen LogP contribution in [0.1, 0.15) is 19.8 Å². The van der Waals surface area contributed by atoms with Crippen molar-refractivity contribution in [2.75, 3.05) is 13.1 Å². The summed E-state index contributed by atoms with van der Waals surface area (Å²) in [5, 5.41) is 3.25. The van der Waals surface area contributed by atoms with Gasteiger partial charge >= 0.3 is 0 Å². The van der Waals surface area contributed by atoms with Gasteiger partial charge in [-0.25, -0.2) is 0 Å². The molecular weight excluding hydrogens is 122 g/mol. The van der Waals surface area contributed by atoms with Crippen LogP contribution in [0.3, 0.4) is 0 Å². The summed E-state index contributed by atoms with van der Waals surface area (Å²) in [6.07, 6.45) is 2.78. The number of hydrogen-bond acceptors (Lipinski definition) is 1. The van der Waals surface area contributed by atoms with E-state index in [1.54, 1.807) is 0 Å². The highest BCUT2D eigenvalue weighted by molar-refractivity contribution is 5.85. The normalized spacial score (nSPS) is 19.1. The highest BCUT2D eigenvalue weighted by atomic mass is 35.5. The van der Waals surface area contributed by atoms with E-state index in [1.807, 2.05) is 0 Å². The Bertz CT molecular complexity index is 52.5. The molecule has 0 aromatic rings. The lowest BCUT2D eigenvalue weighted by molar-refractivity contribution is 0.325. The van der Waals surface area contributed by atoms with Crippen molar-refractivity contribution in [3.63, 3.8) is 0 Å². The molecule has 0 bridgehead atoms. The zero-order valence-corrected chi connectivity index (χ0v) is 6.13. The van der Waals surface area contributed by atoms with Gasteiger partial charge < -0.3 is 5.32 Å². The van der Waals surface area contributed by atoms with E-state index in [0.717, 1.165) is 5.92 Å². The third kappa shape index (κ3) is 2.01. The number of hydrogen-bond donors (Lipinski definition) is 1. The molecule has 0 amide bonds. The number of nitrogens with one attached hydrogen (secondary N) is 1. The van der Waals surface area contributed by atoms with Gasteiger partial charge in [-0.1, -0.05) is 13.3 Å². The molecule has 0 saturated carbocycles. The van der Waals surface area contributed by atoms with Gasteiger partial charge in [-0.15, -0.1) is 12.4 Å².